The van der Waals surface area contributed by atoms with Gasteiger partial charge in [0, 0.05) is 17.4 Å². The molecule has 0 saturated heterocycles. The number of para-hydroxylation sites is 1. The predicted octanol–water partition coefficient (Wildman–Crippen LogP) is 3.57. The molecule has 0 radical (unpaired) electrons. The zero-order chi connectivity index (χ0) is 16.7. The molecule has 5 nitrogen and oxygen atoms in total. The fraction of sp³-hybridized carbons (Fsp3) is 0. The van der Waals surface area contributed by atoms with E-state index >= 15 is 0 Å². The smallest absolute Gasteiger partial charge is 0.315 e. The van der Waals surface area contributed by atoms with Crippen LogP contribution >= 0.6 is 11.3 Å². The van der Waals surface area contributed by atoms with E-state index in [1.807, 2.05) is 24.3 Å². The van der Waals surface area contributed by atoms with Gasteiger partial charge in [-0.15, -0.1) is 0 Å². The van der Waals surface area contributed by atoms with E-state index in [2.05, 4.69) is 4.99 Å². The van der Waals surface area contributed by atoms with Crippen LogP contribution in [0.2, 0.25) is 0 Å². The number of hydrogen-bond acceptors (Lipinski definition) is 5. The Balaban J connectivity index is 1.81. The molecule has 1 aromatic heterocycles. The average molecular weight is 336 g/mol. The Morgan fingerprint density at radius 3 is 2.58 bits per heavy atom. The van der Waals surface area contributed by atoms with Crippen molar-refractivity contribution in [2.24, 2.45) is 4.99 Å². The minimum absolute atomic E-state index is 0.0997. The van der Waals surface area contributed by atoms with Gasteiger partial charge in [0.25, 0.3) is 0 Å². The van der Waals surface area contributed by atoms with Gasteiger partial charge in [-0.05, 0) is 36.4 Å². The summed E-state index contributed by atoms with van der Waals surface area (Å²) in [5.41, 5.74) is 3.18. The molecular formula is C18H12N2O3S. The molecule has 24 heavy (non-hydrogen) atoms. The van der Waals surface area contributed by atoms with Crippen LogP contribution in [0.4, 0.5) is 5.69 Å². The van der Waals surface area contributed by atoms with Gasteiger partial charge >= 0.3 is 4.87 Å². The Kier molecular flexibility index (Phi) is 3.32. The van der Waals surface area contributed by atoms with Crippen molar-refractivity contribution in [1.29, 1.82) is 0 Å². The third-order valence-electron chi connectivity index (χ3n) is 3.76. The third kappa shape index (κ3) is 2.33. The van der Waals surface area contributed by atoms with Gasteiger partial charge in [0.05, 0.1) is 16.3 Å². The minimum Gasteiger partial charge on any atom is -0.508 e. The molecule has 2 aromatic carbocycles. The Labute approximate surface area is 141 Å². The maximum absolute atomic E-state index is 12.3. The summed E-state index contributed by atoms with van der Waals surface area (Å²) >= 11 is 0.958. The Hall–Kier alpha value is -3.12. The molecular weight excluding hydrogens is 324 g/mol. The molecule has 0 amide bonds. The summed E-state index contributed by atoms with van der Waals surface area (Å²) in [5.74, 6) is -0.0244. The van der Waals surface area contributed by atoms with Gasteiger partial charge in [0.2, 0.25) is 5.88 Å². The molecule has 3 aromatic rings. The van der Waals surface area contributed by atoms with Crippen molar-refractivity contribution in [3.05, 3.63) is 68.6 Å². The lowest BCUT2D eigenvalue weighted by atomic mass is 10.1. The molecule has 1 aliphatic heterocycles. The van der Waals surface area contributed by atoms with Gasteiger partial charge in [-0.3, -0.25) is 9.79 Å². The number of aromatic hydroxyl groups is 2. The number of rotatable bonds is 2. The topological polar surface area (TPSA) is 74.8 Å². The van der Waals surface area contributed by atoms with Crippen LogP contribution in [0, 0.1) is 0 Å². The van der Waals surface area contributed by atoms with Crippen LogP contribution in [0.5, 0.6) is 11.6 Å². The average Bonchev–Trinajstić information content (AvgIpc) is 3.11. The summed E-state index contributed by atoms with van der Waals surface area (Å²) in [7, 11) is 0. The van der Waals surface area contributed by atoms with Crippen molar-refractivity contribution in [3.63, 3.8) is 0 Å². The van der Waals surface area contributed by atoms with Crippen LogP contribution in [-0.2, 0) is 0 Å². The Bertz CT molecular complexity index is 1040. The highest BCUT2D eigenvalue weighted by molar-refractivity contribution is 7.10. The quantitative estimate of drug-likeness (QED) is 0.751. The van der Waals surface area contributed by atoms with Crippen molar-refractivity contribution >= 4 is 34.9 Å². The Morgan fingerprint density at radius 2 is 1.79 bits per heavy atom. The highest BCUT2D eigenvalue weighted by atomic mass is 32.1. The first-order chi connectivity index (χ1) is 11.6. The van der Waals surface area contributed by atoms with E-state index in [1.54, 1.807) is 24.4 Å². The highest BCUT2D eigenvalue weighted by Crippen LogP contribution is 2.34. The Morgan fingerprint density at radius 1 is 1.04 bits per heavy atom. The maximum atomic E-state index is 12.3. The second kappa shape index (κ2) is 5.50. The number of phenols is 1. The first kappa shape index (κ1) is 14.5. The van der Waals surface area contributed by atoms with Gasteiger partial charge < -0.3 is 10.2 Å². The summed E-state index contributed by atoms with van der Waals surface area (Å²) in [6.45, 7) is 0. The number of fused-ring (bicyclic) bond motifs is 1. The van der Waals surface area contributed by atoms with Crippen LogP contribution in [0.3, 0.4) is 0 Å². The van der Waals surface area contributed by atoms with E-state index < -0.39 is 0 Å². The summed E-state index contributed by atoms with van der Waals surface area (Å²) in [5, 5.41) is 19.8. The monoisotopic (exact) mass is 336 g/mol. The largest absolute Gasteiger partial charge is 0.508 e. The summed E-state index contributed by atoms with van der Waals surface area (Å²) in [6, 6.07) is 13.8. The normalized spacial score (nSPS) is 14.2. The molecule has 1 aliphatic rings. The van der Waals surface area contributed by atoms with E-state index in [4.69, 9.17) is 0 Å². The number of benzene rings is 2. The number of hydrogen-bond donors (Lipinski definition) is 2. The summed E-state index contributed by atoms with van der Waals surface area (Å²) in [4.78, 5) is 16.7. The van der Waals surface area contributed by atoms with Crippen molar-refractivity contribution in [2.45, 2.75) is 0 Å². The summed E-state index contributed by atoms with van der Waals surface area (Å²) in [6.07, 6.45) is 3.48. The van der Waals surface area contributed by atoms with E-state index in [0.29, 0.717) is 10.6 Å². The molecule has 0 saturated carbocycles. The van der Waals surface area contributed by atoms with E-state index in [0.717, 1.165) is 28.2 Å². The predicted molar refractivity (Wildman–Crippen MR) is 95.7 cm³/mol. The van der Waals surface area contributed by atoms with Crippen molar-refractivity contribution in [3.8, 4) is 17.3 Å². The van der Waals surface area contributed by atoms with E-state index in [-0.39, 0.29) is 16.5 Å². The SMILES string of the molecule is O=c1sc(/C=C2\C=Nc3ccccc32)c(O)n1-c1ccc(O)cc1. The molecule has 118 valence electrons. The van der Waals surface area contributed by atoms with Crippen LogP contribution in [0.1, 0.15) is 10.4 Å². The first-order valence-electron chi connectivity index (χ1n) is 7.23. The fourth-order valence-electron chi connectivity index (χ4n) is 2.60. The molecule has 0 bridgehead atoms. The zero-order valence-corrected chi connectivity index (χ0v) is 13.2. The highest BCUT2D eigenvalue weighted by Gasteiger charge is 2.17. The second-order valence-corrected chi connectivity index (χ2v) is 6.28. The molecule has 0 atom stereocenters. The molecule has 2 heterocycles. The number of phenolic OH excluding ortho intramolecular Hbond substituents is 1. The molecule has 4 rings (SSSR count). The number of aromatic nitrogens is 1. The third-order valence-corrected chi connectivity index (χ3v) is 4.64. The number of aliphatic imine (C=N–C) groups is 1. The van der Waals surface area contributed by atoms with Crippen LogP contribution < -0.4 is 4.87 Å². The lowest BCUT2D eigenvalue weighted by molar-refractivity contribution is 0.439. The van der Waals surface area contributed by atoms with Crippen molar-refractivity contribution < 1.29 is 10.2 Å². The lowest BCUT2D eigenvalue weighted by Gasteiger charge is -2.03. The second-order valence-electron chi connectivity index (χ2n) is 5.28. The summed E-state index contributed by atoms with van der Waals surface area (Å²) < 4.78 is 1.22. The number of thiazole rings is 1. The standard InChI is InChI=1S/C18H12N2O3S/c21-13-7-5-12(6-8-13)20-17(22)16(24-18(20)23)9-11-10-19-15-4-2-1-3-14(11)15/h1-10,21-22H/b11-9+. The van der Waals surface area contributed by atoms with E-state index in [1.165, 1.54) is 16.7 Å². The lowest BCUT2D eigenvalue weighted by Crippen LogP contribution is -2.09. The zero-order valence-electron chi connectivity index (χ0n) is 12.4. The van der Waals surface area contributed by atoms with Gasteiger partial charge in [0.1, 0.15) is 5.75 Å². The molecule has 0 unspecified atom stereocenters. The fourth-order valence-corrected chi connectivity index (χ4v) is 3.44. The van der Waals surface area contributed by atoms with Gasteiger partial charge in [-0.2, -0.15) is 0 Å². The molecule has 0 spiro atoms. The first-order valence-corrected chi connectivity index (χ1v) is 8.04. The molecule has 2 N–H and O–H groups in total. The van der Waals surface area contributed by atoms with Crippen LogP contribution in [-0.4, -0.2) is 21.0 Å². The van der Waals surface area contributed by atoms with Gasteiger partial charge in [-0.1, -0.05) is 29.5 Å². The van der Waals surface area contributed by atoms with Crippen LogP contribution in [0.25, 0.3) is 17.3 Å². The molecule has 0 aliphatic carbocycles. The number of nitrogens with zero attached hydrogens (tertiary/aromatic N) is 2. The molecule has 6 heteroatoms. The number of allylic oxidation sites excluding steroid dienone is 1. The minimum atomic E-state index is -0.298. The molecule has 0 fully saturated rings. The van der Waals surface area contributed by atoms with Crippen LogP contribution in [0.15, 0.2) is 58.3 Å². The van der Waals surface area contributed by atoms with Crippen molar-refractivity contribution in [1.82, 2.24) is 4.57 Å². The van der Waals surface area contributed by atoms with Gasteiger partial charge in [-0.25, -0.2) is 4.57 Å². The maximum Gasteiger partial charge on any atom is 0.315 e. The van der Waals surface area contributed by atoms with Crippen molar-refractivity contribution in [2.75, 3.05) is 0 Å². The van der Waals surface area contributed by atoms with E-state index in [9.17, 15) is 15.0 Å². The van der Waals surface area contributed by atoms with Gasteiger partial charge in [0.15, 0.2) is 0 Å².